The predicted molar refractivity (Wildman–Crippen MR) is 88.9 cm³/mol. The Kier molecular flexibility index (Phi) is 7.80. The monoisotopic (exact) mass is 338 g/mol. The van der Waals surface area contributed by atoms with Gasteiger partial charge in [0.25, 0.3) is 5.69 Å². The number of nitro benzene ring substituents is 1. The first kappa shape index (κ1) is 19.5. The molecule has 0 saturated heterocycles. The lowest BCUT2D eigenvalue weighted by molar-refractivity contribution is -0.384. The fourth-order valence-corrected chi connectivity index (χ4v) is 2.01. The highest BCUT2D eigenvalue weighted by Crippen LogP contribution is 2.17. The molecule has 0 fully saturated rings. The summed E-state index contributed by atoms with van der Waals surface area (Å²) in [6.07, 6.45) is 0.489. The molecule has 0 heterocycles. The Hall–Kier alpha value is -2.52. The van der Waals surface area contributed by atoms with Crippen LogP contribution in [0.2, 0.25) is 0 Å². The fraction of sp³-hybridized carbons (Fsp3) is 0.467. The van der Waals surface area contributed by atoms with Gasteiger partial charge in [0.2, 0.25) is 5.91 Å². The molecule has 1 rings (SSSR count). The molecule has 0 spiro atoms. The number of carboxylic acids is 1. The summed E-state index contributed by atoms with van der Waals surface area (Å²) < 4.78 is 0. The fourth-order valence-electron chi connectivity index (χ4n) is 2.01. The van der Waals surface area contributed by atoms with Crippen LogP contribution in [0.3, 0.4) is 0 Å². The van der Waals surface area contributed by atoms with Crippen molar-refractivity contribution >= 4 is 23.3 Å². The highest BCUT2D eigenvalue weighted by molar-refractivity contribution is 5.94. The number of amides is 1. The molecule has 3 N–H and O–H groups in total. The van der Waals surface area contributed by atoms with Gasteiger partial charge in [-0.2, -0.15) is 0 Å². The summed E-state index contributed by atoms with van der Waals surface area (Å²) in [5.74, 6) is -1.64. The topological polar surface area (TPSA) is 125 Å². The van der Waals surface area contributed by atoms with Crippen LogP contribution in [0.5, 0.6) is 0 Å². The number of carbonyl (C=O) groups is 2. The summed E-state index contributed by atoms with van der Waals surface area (Å²) in [6.45, 7) is 1.28. The summed E-state index contributed by atoms with van der Waals surface area (Å²) in [6, 6.07) is 4.47. The molecule has 1 aromatic carbocycles. The predicted octanol–water partition coefficient (Wildman–Crippen LogP) is 0.918. The third-order valence-electron chi connectivity index (χ3n) is 3.20. The summed E-state index contributed by atoms with van der Waals surface area (Å²) in [7, 11) is 3.84. The van der Waals surface area contributed by atoms with Crippen molar-refractivity contribution in [2.45, 2.75) is 18.9 Å². The highest BCUT2D eigenvalue weighted by Gasteiger charge is 2.20. The maximum absolute atomic E-state index is 12.0. The van der Waals surface area contributed by atoms with Crippen molar-refractivity contribution in [1.29, 1.82) is 0 Å². The van der Waals surface area contributed by atoms with E-state index in [1.54, 1.807) is 0 Å². The van der Waals surface area contributed by atoms with E-state index in [4.69, 9.17) is 0 Å². The minimum Gasteiger partial charge on any atom is -0.480 e. The van der Waals surface area contributed by atoms with Crippen LogP contribution in [0.4, 0.5) is 11.4 Å². The number of non-ortho nitro benzene ring substituents is 1. The standard InChI is InChI=1S/C15H22N4O5/c1-18(2)8-4-7-16-13(15(21)22)10-14(20)17-11-5-3-6-12(9-11)19(23)24/h3,5-6,9,13,16H,4,7-8,10H2,1-2H3,(H,17,20)(H,21,22)/t13-/m0/s1. The minimum absolute atomic E-state index is 0.149. The number of rotatable bonds is 10. The smallest absolute Gasteiger partial charge is 0.321 e. The lowest BCUT2D eigenvalue weighted by atomic mass is 10.2. The number of aliphatic carboxylic acids is 1. The molecule has 0 saturated carbocycles. The molecule has 0 radical (unpaired) electrons. The quantitative estimate of drug-likeness (QED) is 0.329. The minimum atomic E-state index is -1.12. The zero-order chi connectivity index (χ0) is 18.1. The van der Waals surface area contributed by atoms with Gasteiger partial charge < -0.3 is 20.6 Å². The van der Waals surface area contributed by atoms with Crippen molar-refractivity contribution in [2.75, 3.05) is 32.5 Å². The average Bonchev–Trinajstić information content (AvgIpc) is 2.50. The van der Waals surface area contributed by atoms with E-state index in [2.05, 4.69) is 10.6 Å². The Labute approximate surface area is 139 Å². The Morgan fingerprint density at radius 2 is 2.08 bits per heavy atom. The number of hydrogen-bond acceptors (Lipinski definition) is 6. The van der Waals surface area contributed by atoms with Gasteiger partial charge in [-0.05, 0) is 39.7 Å². The summed E-state index contributed by atoms with van der Waals surface area (Å²) in [5.41, 5.74) is 0.107. The van der Waals surface area contributed by atoms with Crippen LogP contribution in [0.25, 0.3) is 0 Å². The summed E-state index contributed by atoms with van der Waals surface area (Å²) in [4.78, 5) is 35.3. The Morgan fingerprint density at radius 3 is 2.67 bits per heavy atom. The Balaban J connectivity index is 2.54. The normalized spacial score (nSPS) is 12.0. The molecule has 1 atom stereocenters. The van der Waals surface area contributed by atoms with Crippen molar-refractivity contribution in [3.05, 3.63) is 34.4 Å². The van der Waals surface area contributed by atoms with Gasteiger partial charge in [0.15, 0.2) is 0 Å². The van der Waals surface area contributed by atoms with Crippen LogP contribution in [0.1, 0.15) is 12.8 Å². The number of nitro groups is 1. The second-order valence-electron chi connectivity index (χ2n) is 5.56. The van der Waals surface area contributed by atoms with Crippen molar-refractivity contribution in [1.82, 2.24) is 10.2 Å². The number of anilines is 1. The SMILES string of the molecule is CN(C)CCCN[C@@H](CC(=O)Nc1cccc([N+](=O)[O-])c1)C(=O)O. The van der Waals surface area contributed by atoms with E-state index < -0.39 is 22.8 Å². The maximum atomic E-state index is 12.0. The molecule has 0 aliphatic rings. The van der Waals surface area contributed by atoms with Crippen LogP contribution >= 0.6 is 0 Å². The molecule has 24 heavy (non-hydrogen) atoms. The van der Waals surface area contributed by atoms with E-state index in [1.807, 2.05) is 19.0 Å². The molecule has 132 valence electrons. The first-order valence-electron chi connectivity index (χ1n) is 7.45. The first-order valence-corrected chi connectivity index (χ1v) is 7.45. The van der Waals surface area contributed by atoms with Gasteiger partial charge in [-0.25, -0.2) is 0 Å². The van der Waals surface area contributed by atoms with E-state index in [0.29, 0.717) is 6.54 Å². The number of carboxylic acid groups (broad SMARTS) is 1. The Morgan fingerprint density at radius 1 is 1.38 bits per heavy atom. The number of nitrogens with one attached hydrogen (secondary N) is 2. The largest absolute Gasteiger partial charge is 0.480 e. The van der Waals surface area contributed by atoms with Crippen LogP contribution < -0.4 is 10.6 Å². The zero-order valence-corrected chi connectivity index (χ0v) is 13.7. The van der Waals surface area contributed by atoms with E-state index in [0.717, 1.165) is 13.0 Å². The van der Waals surface area contributed by atoms with Gasteiger partial charge in [0, 0.05) is 17.8 Å². The summed E-state index contributed by atoms with van der Waals surface area (Å²) in [5, 5.41) is 25.2. The second-order valence-corrected chi connectivity index (χ2v) is 5.56. The highest BCUT2D eigenvalue weighted by atomic mass is 16.6. The van der Waals surface area contributed by atoms with Crippen LogP contribution in [-0.2, 0) is 9.59 Å². The summed E-state index contributed by atoms with van der Waals surface area (Å²) >= 11 is 0. The van der Waals surface area contributed by atoms with Gasteiger partial charge in [-0.1, -0.05) is 6.07 Å². The molecule has 9 nitrogen and oxygen atoms in total. The van der Waals surface area contributed by atoms with Gasteiger partial charge in [0.1, 0.15) is 6.04 Å². The van der Waals surface area contributed by atoms with Crippen molar-refractivity contribution in [2.24, 2.45) is 0 Å². The van der Waals surface area contributed by atoms with E-state index in [9.17, 15) is 24.8 Å². The van der Waals surface area contributed by atoms with Crippen molar-refractivity contribution in [3.63, 3.8) is 0 Å². The van der Waals surface area contributed by atoms with E-state index in [1.165, 1.54) is 24.3 Å². The maximum Gasteiger partial charge on any atom is 0.321 e. The molecule has 1 aromatic rings. The molecule has 0 bridgehead atoms. The van der Waals surface area contributed by atoms with E-state index >= 15 is 0 Å². The van der Waals surface area contributed by atoms with Crippen LogP contribution in [0.15, 0.2) is 24.3 Å². The number of carbonyl (C=O) groups excluding carboxylic acids is 1. The van der Waals surface area contributed by atoms with Crippen LogP contribution in [-0.4, -0.2) is 60.0 Å². The number of hydrogen-bond donors (Lipinski definition) is 3. The molecular weight excluding hydrogens is 316 g/mol. The zero-order valence-electron chi connectivity index (χ0n) is 13.7. The lowest BCUT2D eigenvalue weighted by Gasteiger charge is -2.15. The third-order valence-corrected chi connectivity index (χ3v) is 3.20. The molecule has 0 aromatic heterocycles. The number of benzene rings is 1. The molecule has 0 aliphatic carbocycles. The molecule has 9 heteroatoms. The lowest BCUT2D eigenvalue weighted by Crippen LogP contribution is -2.40. The molecular formula is C15H22N4O5. The molecule has 1 amide bonds. The van der Waals surface area contributed by atoms with Gasteiger partial charge in [-0.3, -0.25) is 19.7 Å². The van der Waals surface area contributed by atoms with Crippen molar-refractivity contribution < 1.29 is 19.6 Å². The second kappa shape index (κ2) is 9.58. The van der Waals surface area contributed by atoms with Crippen molar-refractivity contribution in [3.8, 4) is 0 Å². The average molecular weight is 338 g/mol. The molecule has 0 unspecified atom stereocenters. The third kappa shape index (κ3) is 7.16. The molecule has 0 aliphatic heterocycles. The van der Waals surface area contributed by atoms with Crippen LogP contribution in [0, 0.1) is 10.1 Å². The Bertz CT molecular complexity index is 591. The first-order chi connectivity index (χ1) is 11.3. The van der Waals surface area contributed by atoms with Gasteiger partial charge in [0.05, 0.1) is 11.3 Å². The van der Waals surface area contributed by atoms with Gasteiger partial charge in [-0.15, -0.1) is 0 Å². The number of nitrogens with zero attached hydrogens (tertiary/aromatic N) is 2. The van der Waals surface area contributed by atoms with E-state index in [-0.39, 0.29) is 17.8 Å². The van der Waals surface area contributed by atoms with Gasteiger partial charge >= 0.3 is 5.97 Å².